The van der Waals surface area contributed by atoms with Gasteiger partial charge in [0.05, 0.1) is 43.0 Å². The highest BCUT2D eigenvalue weighted by molar-refractivity contribution is 7.92. The van der Waals surface area contributed by atoms with Crippen LogP contribution in [-0.2, 0) is 16.6 Å². The van der Waals surface area contributed by atoms with Crippen LogP contribution in [0.2, 0.25) is 5.02 Å². The second-order valence-corrected chi connectivity index (χ2v) is 11.6. The average molecular weight is 579 g/mol. The number of nitrogens with zero attached hydrogens (tertiary/aromatic N) is 1. The molecule has 1 amide bonds. The Labute approximate surface area is 240 Å². The number of aryl methyl sites for hydroxylation is 1. The molecule has 0 aliphatic heterocycles. The molecule has 0 bridgehead atoms. The first kappa shape index (κ1) is 29.0. The maximum absolute atomic E-state index is 14.0. The van der Waals surface area contributed by atoms with Gasteiger partial charge < -0.3 is 14.8 Å². The van der Waals surface area contributed by atoms with Gasteiger partial charge in [0.25, 0.3) is 15.9 Å². The Hall–Kier alpha value is -4.01. The van der Waals surface area contributed by atoms with Crippen LogP contribution in [0, 0.1) is 6.92 Å². The molecule has 208 valence electrons. The van der Waals surface area contributed by atoms with Gasteiger partial charge in [0, 0.05) is 10.6 Å². The van der Waals surface area contributed by atoms with E-state index in [1.54, 1.807) is 105 Å². The monoisotopic (exact) mass is 578 g/mol. The van der Waals surface area contributed by atoms with Crippen LogP contribution < -0.4 is 19.1 Å². The molecule has 4 aromatic carbocycles. The van der Waals surface area contributed by atoms with Gasteiger partial charge in [-0.3, -0.25) is 9.10 Å². The van der Waals surface area contributed by atoms with E-state index >= 15 is 0 Å². The van der Waals surface area contributed by atoms with Crippen LogP contribution in [0.3, 0.4) is 0 Å². The minimum Gasteiger partial charge on any atom is -0.497 e. The number of hydrogen-bond donors (Lipinski definition) is 1. The lowest BCUT2D eigenvalue weighted by atomic mass is 10.1. The second kappa shape index (κ2) is 12.4. The summed E-state index contributed by atoms with van der Waals surface area (Å²) in [6.45, 7) is 3.71. The quantitative estimate of drug-likeness (QED) is 0.231. The number of carbonyl (C=O) groups excluding carboxylic acids is 1. The molecule has 4 aromatic rings. The molecule has 9 heteroatoms. The van der Waals surface area contributed by atoms with E-state index < -0.39 is 22.0 Å². The molecule has 40 heavy (non-hydrogen) atoms. The molecule has 0 fully saturated rings. The van der Waals surface area contributed by atoms with E-state index in [0.29, 0.717) is 22.1 Å². The SMILES string of the molecule is COc1ccc(OC)c([C@@H](C)NC(=O)c2ccccc2N(Cc2ccc(Cl)cc2)S(=O)(=O)c2ccc(C)cc2)c1. The van der Waals surface area contributed by atoms with Gasteiger partial charge in [-0.25, -0.2) is 8.42 Å². The minimum atomic E-state index is -4.05. The van der Waals surface area contributed by atoms with Crippen molar-refractivity contribution in [3.05, 3.63) is 118 Å². The molecule has 0 unspecified atom stereocenters. The topological polar surface area (TPSA) is 84.9 Å². The van der Waals surface area contributed by atoms with E-state index in [1.807, 2.05) is 13.8 Å². The van der Waals surface area contributed by atoms with Crippen molar-refractivity contribution in [3.8, 4) is 11.5 Å². The molecular weight excluding hydrogens is 548 g/mol. The molecule has 0 heterocycles. The number of halogens is 1. The maximum Gasteiger partial charge on any atom is 0.264 e. The zero-order chi connectivity index (χ0) is 28.9. The van der Waals surface area contributed by atoms with Crippen LogP contribution in [0.5, 0.6) is 11.5 Å². The van der Waals surface area contributed by atoms with Gasteiger partial charge in [-0.1, -0.05) is 53.6 Å². The highest BCUT2D eigenvalue weighted by Crippen LogP contribution is 2.32. The highest BCUT2D eigenvalue weighted by Gasteiger charge is 2.29. The largest absolute Gasteiger partial charge is 0.497 e. The van der Waals surface area contributed by atoms with E-state index in [1.165, 1.54) is 4.31 Å². The number of para-hydroxylation sites is 1. The van der Waals surface area contributed by atoms with Crippen LogP contribution in [0.1, 0.15) is 40.0 Å². The molecule has 0 aliphatic rings. The molecule has 0 spiro atoms. The standard InChI is InChI=1S/C31H31ClN2O5S/c1-21-9-16-26(17-10-21)40(36,37)34(20-23-11-13-24(32)14-12-23)29-8-6-5-7-27(29)31(35)33-22(2)28-19-25(38-3)15-18-30(28)39-4/h5-19,22H,20H2,1-4H3,(H,33,35)/t22-/m1/s1. The summed E-state index contributed by atoms with van der Waals surface area (Å²) >= 11 is 6.07. The van der Waals surface area contributed by atoms with Crippen molar-refractivity contribution in [1.29, 1.82) is 0 Å². The number of benzene rings is 4. The zero-order valence-electron chi connectivity index (χ0n) is 22.7. The first-order valence-electron chi connectivity index (χ1n) is 12.6. The third-order valence-electron chi connectivity index (χ3n) is 6.52. The molecule has 0 saturated carbocycles. The first-order chi connectivity index (χ1) is 19.1. The van der Waals surface area contributed by atoms with Gasteiger partial charge in [0.15, 0.2) is 0 Å². The summed E-state index contributed by atoms with van der Waals surface area (Å²) in [4.78, 5) is 13.8. The van der Waals surface area contributed by atoms with E-state index in [2.05, 4.69) is 5.32 Å². The van der Waals surface area contributed by atoms with Crippen molar-refractivity contribution in [2.24, 2.45) is 0 Å². The van der Waals surface area contributed by atoms with Crippen molar-refractivity contribution in [3.63, 3.8) is 0 Å². The molecule has 0 aromatic heterocycles. The number of ether oxygens (including phenoxy) is 2. The Morgan fingerprint density at radius 3 is 2.25 bits per heavy atom. The van der Waals surface area contributed by atoms with E-state index in [-0.39, 0.29) is 22.7 Å². The van der Waals surface area contributed by atoms with E-state index in [4.69, 9.17) is 21.1 Å². The maximum atomic E-state index is 14.0. The zero-order valence-corrected chi connectivity index (χ0v) is 24.3. The molecule has 1 atom stereocenters. The van der Waals surface area contributed by atoms with Gasteiger partial charge in [-0.05, 0) is 74.0 Å². The molecular formula is C31H31ClN2O5S. The summed E-state index contributed by atoms with van der Waals surface area (Å²) in [6.07, 6.45) is 0. The number of nitrogens with one attached hydrogen (secondary N) is 1. The van der Waals surface area contributed by atoms with Crippen molar-refractivity contribution >= 4 is 33.2 Å². The Morgan fingerprint density at radius 1 is 0.925 bits per heavy atom. The third-order valence-corrected chi connectivity index (χ3v) is 8.54. The second-order valence-electron chi connectivity index (χ2n) is 9.27. The molecule has 0 saturated heterocycles. The summed E-state index contributed by atoms with van der Waals surface area (Å²) in [5.74, 6) is 0.775. The summed E-state index contributed by atoms with van der Waals surface area (Å²) < 4.78 is 40.1. The lowest BCUT2D eigenvalue weighted by Gasteiger charge is -2.27. The number of methoxy groups -OCH3 is 2. The van der Waals surface area contributed by atoms with Crippen LogP contribution in [0.25, 0.3) is 0 Å². The van der Waals surface area contributed by atoms with Gasteiger partial charge in [-0.2, -0.15) is 0 Å². The Morgan fingerprint density at radius 2 is 1.60 bits per heavy atom. The predicted octanol–water partition coefficient (Wildman–Crippen LogP) is 6.55. The molecule has 0 radical (unpaired) electrons. The third kappa shape index (κ3) is 6.41. The fourth-order valence-corrected chi connectivity index (χ4v) is 5.90. The molecule has 0 aliphatic carbocycles. The predicted molar refractivity (Wildman–Crippen MR) is 158 cm³/mol. The van der Waals surface area contributed by atoms with Crippen molar-refractivity contribution in [1.82, 2.24) is 5.32 Å². The van der Waals surface area contributed by atoms with Gasteiger partial charge in [0.1, 0.15) is 11.5 Å². The number of anilines is 1. The summed E-state index contributed by atoms with van der Waals surface area (Å²) in [5.41, 5.74) is 2.83. The van der Waals surface area contributed by atoms with E-state index in [9.17, 15) is 13.2 Å². The Balaban J connectivity index is 1.75. The number of hydrogen-bond acceptors (Lipinski definition) is 5. The van der Waals surface area contributed by atoms with Crippen molar-refractivity contribution in [2.75, 3.05) is 18.5 Å². The summed E-state index contributed by atoms with van der Waals surface area (Å²) in [7, 11) is -0.932. The van der Waals surface area contributed by atoms with Crippen LogP contribution in [-0.4, -0.2) is 28.5 Å². The fraction of sp³-hybridized carbons (Fsp3) is 0.194. The summed E-state index contributed by atoms with van der Waals surface area (Å²) in [5, 5.41) is 3.53. The lowest BCUT2D eigenvalue weighted by Crippen LogP contribution is -2.34. The van der Waals surface area contributed by atoms with Gasteiger partial charge in [0.2, 0.25) is 0 Å². The minimum absolute atomic E-state index is 0.00304. The van der Waals surface area contributed by atoms with Crippen LogP contribution in [0.15, 0.2) is 95.9 Å². The Bertz CT molecular complexity index is 1590. The van der Waals surface area contributed by atoms with Crippen molar-refractivity contribution < 1.29 is 22.7 Å². The van der Waals surface area contributed by atoms with Crippen LogP contribution >= 0.6 is 11.6 Å². The molecule has 4 rings (SSSR count). The smallest absolute Gasteiger partial charge is 0.264 e. The first-order valence-corrected chi connectivity index (χ1v) is 14.4. The Kier molecular flexibility index (Phi) is 9.02. The van der Waals surface area contributed by atoms with Crippen LogP contribution in [0.4, 0.5) is 5.69 Å². The fourth-order valence-electron chi connectivity index (χ4n) is 4.31. The molecule has 1 N–H and O–H groups in total. The summed E-state index contributed by atoms with van der Waals surface area (Å²) in [6, 6.07) is 25.1. The number of carbonyl (C=O) groups is 1. The van der Waals surface area contributed by atoms with Crippen molar-refractivity contribution in [2.45, 2.75) is 31.3 Å². The lowest BCUT2D eigenvalue weighted by molar-refractivity contribution is 0.0940. The number of sulfonamides is 1. The number of rotatable bonds is 10. The van der Waals surface area contributed by atoms with Gasteiger partial charge >= 0.3 is 0 Å². The van der Waals surface area contributed by atoms with Gasteiger partial charge in [-0.15, -0.1) is 0 Å². The average Bonchev–Trinajstić information content (AvgIpc) is 2.96. The highest BCUT2D eigenvalue weighted by atomic mass is 35.5. The normalized spacial score (nSPS) is 11.9. The molecule has 7 nitrogen and oxygen atoms in total. The van der Waals surface area contributed by atoms with E-state index in [0.717, 1.165) is 11.1 Å². The number of amides is 1.